The van der Waals surface area contributed by atoms with Crippen LogP contribution in [0.3, 0.4) is 0 Å². The summed E-state index contributed by atoms with van der Waals surface area (Å²) in [6, 6.07) is 110. The van der Waals surface area contributed by atoms with E-state index < -0.39 is 0 Å². The number of nitrogens with zero attached hydrogens (tertiary/aromatic N) is 2. The van der Waals surface area contributed by atoms with Crippen molar-refractivity contribution >= 4 is 88.7 Å². The molecule has 0 fully saturated rings. The first kappa shape index (κ1) is 57.5. The third-order valence-electron chi connectivity index (χ3n) is 13.4. The smallest absolute Gasteiger partial charge is 0.0462 e. The van der Waals surface area contributed by atoms with E-state index in [2.05, 4.69) is 359 Å². The van der Waals surface area contributed by atoms with Gasteiger partial charge in [-0.2, -0.15) is 0 Å². The summed E-state index contributed by atoms with van der Waals surface area (Å²) < 4.78 is 2.22. The van der Waals surface area contributed by atoms with Gasteiger partial charge in [0.2, 0.25) is 0 Å². The molecule has 0 saturated heterocycles. The second kappa shape index (κ2) is 29.3. The lowest BCUT2D eigenvalue weighted by atomic mass is 10.0. The number of hydrogen-bond acceptors (Lipinski definition) is 4. The molecular formula is C76H66Br2N4. The molecule has 0 aliphatic carbocycles. The number of aryl methyl sites for hydroxylation is 4. The monoisotopic (exact) mass is 1190 g/mol. The van der Waals surface area contributed by atoms with E-state index in [-0.39, 0.29) is 0 Å². The van der Waals surface area contributed by atoms with Crippen LogP contribution in [0.2, 0.25) is 0 Å². The van der Waals surface area contributed by atoms with Crippen molar-refractivity contribution in [1.29, 1.82) is 0 Å². The summed E-state index contributed by atoms with van der Waals surface area (Å²) in [6.45, 7) is 8.42. The van der Waals surface area contributed by atoms with Gasteiger partial charge in [-0.25, -0.2) is 0 Å². The average Bonchev–Trinajstić information content (AvgIpc) is 3.66. The molecule has 12 aromatic rings. The Morgan fingerprint density at radius 1 is 0.207 bits per heavy atom. The Balaban J connectivity index is 0.000000156. The largest absolute Gasteiger partial charge is 0.356 e. The second-order valence-electron chi connectivity index (χ2n) is 19.8. The topological polar surface area (TPSA) is 30.5 Å². The van der Waals surface area contributed by atoms with E-state index in [4.69, 9.17) is 0 Å². The zero-order valence-electron chi connectivity index (χ0n) is 46.7. The summed E-state index contributed by atoms with van der Waals surface area (Å²) in [7, 11) is 0. The maximum Gasteiger partial charge on any atom is 0.0462 e. The predicted molar refractivity (Wildman–Crippen MR) is 360 cm³/mol. The minimum Gasteiger partial charge on any atom is -0.356 e. The average molecular weight is 1200 g/mol. The van der Waals surface area contributed by atoms with Gasteiger partial charge in [-0.05, 0) is 196 Å². The van der Waals surface area contributed by atoms with Crippen LogP contribution >= 0.6 is 31.9 Å². The van der Waals surface area contributed by atoms with Gasteiger partial charge in [0.15, 0.2) is 0 Å². The quantitative estimate of drug-likeness (QED) is 0.128. The Kier molecular flexibility index (Phi) is 20.6. The highest BCUT2D eigenvalue weighted by atomic mass is 79.9. The number of benzene rings is 12. The fourth-order valence-electron chi connectivity index (χ4n) is 8.98. The Hall–Kier alpha value is -9.20. The number of rotatable bonds is 12. The summed E-state index contributed by atoms with van der Waals surface area (Å²) in [5.74, 6) is 0. The van der Waals surface area contributed by atoms with Gasteiger partial charge in [0.05, 0.1) is 0 Å². The van der Waals surface area contributed by atoms with Crippen LogP contribution in [0.15, 0.2) is 324 Å². The van der Waals surface area contributed by atoms with Crippen molar-refractivity contribution < 1.29 is 0 Å². The third kappa shape index (κ3) is 16.9. The molecule has 0 spiro atoms. The number of anilines is 10. The molecule has 2 N–H and O–H groups in total. The molecule has 12 aromatic carbocycles. The van der Waals surface area contributed by atoms with Gasteiger partial charge in [0, 0.05) is 65.8 Å². The van der Waals surface area contributed by atoms with E-state index in [0.717, 1.165) is 65.8 Å². The predicted octanol–water partition coefficient (Wildman–Crippen LogP) is 23.3. The highest BCUT2D eigenvalue weighted by Crippen LogP contribution is 2.38. The van der Waals surface area contributed by atoms with Crippen LogP contribution in [-0.4, -0.2) is 0 Å². The van der Waals surface area contributed by atoms with E-state index in [1.54, 1.807) is 0 Å². The molecule has 0 aliphatic heterocycles. The zero-order valence-corrected chi connectivity index (χ0v) is 49.8. The van der Waals surface area contributed by atoms with Crippen molar-refractivity contribution in [2.75, 3.05) is 20.4 Å². The van der Waals surface area contributed by atoms with E-state index in [9.17, 15) is 0 Å². The fraction of sp³-hybridized carbons (Fsp3) is 0.0526. The number of halogens is 2. The maximum atomic E-state index is 3.42. The number of nitrogens with one attached hydrogen (secondary N) is 2. The zero-order chi connectivity index (χ0) is 56.9. The molecule has 404 valence electrons. The van der Waals surface area contributed by atoms with Crippen molar-refractivity contribution in [2.45, 2.75) is 27.7 Å². The first-order chi connectivity index (χ1) is 40.1. The lowest BCUT2D eigenvalue weighted by Crippen LogP contribution is -2.10. The first-order valence-corrected chi connectivity index (χ1v) is 29.0. The Bertz CT molecular complexity index is 3510. The van der Waals surface area contributed by atoms with Crippen molar-refractivity contribution in [1.82, 2.24) is 0 Å². The molecule has 0 amide bonds. The molecule has 0 bridgehead atoms. The Morgan fingerprint density at radius 2 is 0.402 bits per heavy atom. The molecule has 4 nitrogen and oxygen atoms in total. The minimum absolute atomic E-state index is 1.11. The van der Waals surface area contributed by atoms with Gasteiger partial charge in [0.25, 0.3) is 0 Å². The molecule has 0 aliphatic rings. The third-order valence-corrected chi connectivity index (χ3v) is 14.5. The van der Waals surface area contributed by atoms with Crippen LogP contribution in [0.25, 0.3) is 22.3 Å². The normalized spacial score (nSPS) is 10.3. The molecule has 0 heterocycles. The molecule has 0 aromatic heterocycles. The van der Waals surface area contributed by atoms with Crippen molar-refractivity contribution in [2.24, 2.45) is 0 Å². The molecule has 0 saturated carbocycles. The highest BCUT2D eigenvalue weighted by Gasteiger charge is 2.15. The van der Waals surface area contributed by atoms with E-state index >= 15 is 0 Å². The van der Waals surface area contributed by atoms with Crippen molar-refractivity contribution in [3.8, 4) is 22.3 Å². The van der Waals surface area contributed by atoms with Crippen LogP contribution in [0.5, 0.6) is 0 Å². The van der Waals surface area contributed by atoms with Crippen LogP contribution in [-0.2, 0) is 0 Å². The second-order valence-corrected chi connectivity index (χ2v) is 21.7. The minimum atomic E-state index is 1.11. The molecular weight excluding hydrogens is 1130 g/mol. The fourth-order valence-corrected chi connectivity index (χ4v) is 9.51. The van der Waals surface area contributed by atoms with Crippen LogP contribution < -0.4 is 20.4 Å². The summed E-state index contributed by atoms with van der Waals surface area (Å²) in [6.07, 6.45) is 0. The molecule has 0 unspecified atom stereocenters. The van der Waals surface area contributed by atoms with Gasteiger partial charge in [0.1, 0.15) is 0 Å². The van der Waals surface area contributed by atoms with Crippen molar-refractivity contribution in [3.63, 3.8) is 0 Å². The van der Waals surface area contributed by atoms with E-state index in [1.165, 1.54) is 44.5 Å². The number of para-hydroxylation sites is 4. The van der Waals surface area contributed by atoms with Gasteiger partial charge in [-0.3, -0.25) is 0 Å². The van der Waals surface area contributed by atoms with Crippen molar-refractivity contribution in [3.05, 3.63) is 347 Å². The molecule has 0 atom stereocenters. The number of hydrogen-bond donors (Lipinski definition) is 2. The van der Waals surface area contributed by atoms with Crippen LogP contribution in [0, 0.1) is 27.7 Å². The summed E-state index contributed by atoms with van der Waals surface area (Å²) in [4.78, 5) is 4.59. The Morgan fingerprint density at radius 3 is 0.671 bits per heavy atom. The SMILES string of the molecule is Brc1ccc(-c2ccc(Br)cc2)cc1.Cc1ccc(N(c2ccccc2)c2ccc(-c3ccc(N(c4ccccc4)c4ccc(C)cc4)cc3)cc2)cc1.Cc1ccc(Nc2ccccc2)cc1.Cc1ccc(Nc2ccccc2)cc1. The van der Waals surface area contributed by atoms with Gasteiger partial charge in [-0.1, -0.05) is 224 Å². The lowest BCUT2D eigenvalue weighted by molar-refractivity contribution is 1.27. The van der Waals surface area contributed by atoms with Gasteiger partial charge >= 0.3 is 0 Å². The standard InChI is InChI=1S/C38H32N2.2C13H13N.C12H8Br2/c1-29-13-21-35(22-14-29)39(33-9-5-3-6-10-33)37-25-17-31(18-26-37)32-19-27-38(28-20-32)40(34-11-7-4-8-12-34)36-23-15-30(2)16-24-36;2*1-11-7-9-13(10-8-11)14-12-5-3-2-4-6-12;13-11-5-1-9(2-6-11)10-3-7-12(14)8-4-10/h3-28H,1-2H3;2*2-10,14H,1H3;1-8H. The van der Waals surface area contributed by atoms with Gasteiger partial charge < -0.3 is 20.4 Å². The summed E-state index contributed by atoms with van der Waals surface area (Å²) in [5.41, 5.74) is 21.2. The Labute approximate surface area is 502 Å². The van der Waals surface area contributed by atoms with Crippen LogP contribution in [0.1, 0.15) is 22.3 Å². The first-order valence-electron chi connectivity index (χ1n) is 27.4. The molecule has 6 heteroatoms. The lowest BCUT2D eigenvalue weighted by Gasteiger charge is -2.26. The molecule has 82 heavy (non-hydrogen) atoms. The highest BCUT2D eigenvalue weighted by molar-refractivity contribution is 9.10. The van der Waals surface area contributed by atoms with Crippen LogP contribution in [0.4, 0.5) is 56.9 Å². The molecule has 12 rings (SSSR count). The van der Waals surface area contributed by atoms with E-state index in [0.29, 0.717) is 0 Å². The van der Waals surface area contributed by atoms with E-state index in [1.807, 2.05) is 36.4 Å². The summed E-state index contributed by atoms with van der Waals surface area (Å²) >= 11 is 6.84. The maximum absolute atomic E-state index is 3.42. The van der Waals surface area contributed by atoms with Gasteiger partial charge in [-0.15, -0.1) is 0 Å². The molecule has 0 radical (unpaired) electrons. The summed E-state index contributed by atoms with van der Waals surface area (Å²) in [5, 5.41) is 6.66.